The molecule has 3 N–H and O–H groups in total. The Hall–Kier alpha value is -0.340. The summed E-state index contributed by atoms with van der Waals surface area (Å²) in [5, 5.41) is 14.7. The van der Waals surface area contributed by atoms with Crippen LogP contribution in [0.3, 0.4) is 0 Å². The van der Waals surface area contributed by atoms with E-state index in [9.17, 15) is 24.3 Å². The Morgan fingerprint density at radius 2 is 1.79 bits per heavy atom. The Kier molecular flexibility index (Phi) is 10.6. The third-order valence-corrected chi connectivity index (χ3v) is 7.77. The largest absolute Gasteiger partial charge is 0.456 e. The summed E-state index contributed by atoms with van der Waals surface area (Å²) in [5.41, 5.74) is 0.318. The Bertz CT molecular complexity index is 989. The highest BCUT2D eigenvalue weighted by molar-refractivity contribution is 14.1. The first kappa shape index (κ1) is 28.9. The van der Waals surface area contributed by atoms with Gasteiger partial charge in [-0.05, 0) is 93.2 Å². The number of carbonyl (C=O) groups excluding carboxylic acids is 4. The molecule has 2 rings (SSSR count). The summed E-state index contributed by atoms with van der Waals surface area (Å²) in [4.78, 5) is 48.3. The van der Waals surface area contributed by atoms with Gasteiger partial charge in [0.2, 0.25) is 0 Å². The molecule has 1 aromatic rings. The molecule has 0 aliphatic carbocycles. The number of ether oxygens (including phenoxy) is 3. The number of halogens is 4. The third-order valence-electron chi connectivity index (χ3n) is 4.34. The lowest BCUT2D eigenvalue weighted by atomic mass is 10.1. The van der Waals surface area contributed by atoms with E-state index in [0.29, 0.717) is 7.14 Å². The van der Waals surface area contributed by atoms with Crippen LogP contribution >= 0.6 is 79.4 Å². The van der Waals surface area contributed by atoms with E-state index in [1.807, 2.05) is 67.8 Å². The number of hydrogen-bond donors (Lipinski definition) is 3. The van der Waals surface area contributed by atoms with Gasteiger partial charge < -0.3 is 30.0 Å². The number of anilines is 1. The highest BCUT2D eigenvalue weighted by Gasteiger charge is 2.37. The molecule has 33 heavy (non-hydrogen) atoms. The maximum absolute atomic E-state index is 13.0. The number of esters is 1. The molecule has 182 valence electrons. The Morgan fingerprint density at radius 3 is 2.30 bits per heavy atom. The predicted octanol–water partition coefficient (Wildman–Crippen LogP) is 2.62. The molecular weight excluding hydrogens is 800 g/mol. The Labute approximate surface area is 235 Å². The SMILES string of the molecule is CC(=O)OCC(=O)Nc1c(I)c(C(=O)Cl)c(I)c(C(=O)NCC(O)C2COC(C)(C)O2)c1I. The van der Waals surface area contributed by atoms with Crippen molar-refractivity contribution in [3.63, 3.8) is 0 Å². The lowest BCUT2D eigenvalue weighted by Crippen LogP contribution is -2.41. The standard InChI is InChI=1S/C19H20ClI3N2O8/c1-7(26)31-6-10(28)25-16-14(22)11(17(20)29)13(21)12(15(16)23)18(30)24-4-8(27)9-5-32-19(2,3)33-9/h8-9,27H,4-6H2,1-3H3,(H,24,30)(H,25,28). The van der Waals surface area contributed by atoms with Crippen molar-refractivity contribution in [1.82, 2.24) is 5.32 Å². The molecular formula is C19H20ClI3N2O8. The van der Waals surface area contributed by atoms with Gasteiger partial charge in [0.1, 0.15) is 6.10 Å². The quantitative estimate of drug-likeness (QED) is 0.207. The van der Waals surface area contributed by atoms with Crippen LogP contribution in [0.1, 0.15) is 41.5 Å². The molecule has 1 saturated heterocycles. The second kappa shape index (κ2) is 12.1. The molecule has 0 bridgehead atoms. The van der Waals surface area contributed by atoms with Gasteiger partial charge in [0.15, 0.2) is 12.4 Å². The van der Waals surface area contributed by atoms with Gasteiger partial charge in [0.05, 0.1) is 36.7 Å². The molecule has 1 aliphatic rings. The van der Waals surface area contributed by atoms with E-state index in [2.05, 4.69) is 15.4 Å². The van der Waals surface area contributed by atoms with Crippen molar-refractivity contribution in [2.75, 3.05) is 25.1 Å². The van der Waals surface area contributed by atoms with Gasteiger partial charge in [-0.2, -0.15) is 0 Å². The van der Waals surface area contributed by atoms with Crippen LogP contribution in [0.15, 0.2) is 0 Å². The number of aliphatic hydroxyl groups excluding tert-OH is 1. The minimum atomic E-state index is -1.04. The first-order valence-electron chi connectivity index (χ1n) is 9.36. The van der Waals surface area contributed by atoms with Crippen molar-refractivity contribution in [1.29, 1.82) is 0 Å². The second-order valence-electron chi connectivity index (χ2n) is 7.31. The Balaban J connectivity index is 2.30. The van der Waals surface area contributed by atoms with Gasteiger partial charge in [-0.1, -0.05) is 0 Å². The molecule has 1 fully saturated rings. The average Bonchev–Trinajstić information content (AvgIpc) is 3.07. The lowest BCUT2D eigenvalue weighted by molar-refractivity contribution is -0.150. The summed E-state index contributed by atoms with van der Waals surface area (Å²) < 4.78 is 16.7. The molecule has 1 aromatic carbocycles. The van der Waals surface area contributed by atoms with Crippen LogP contribution in [0.5, 0.6) is 0 Å². The molecule has 2 atom stereocenters. The number of nitrogens with one attached hydrogen (secondary N) is 2. The molecule has 10 nitrogen and oxygen atoms in total. The Morgan fingerprint density at radius 1 is 1.18 bits per heavy atom. The number of amides is 2. The topological polar surface area (TPSA) is 140 Å². The summed E-state index contributed by atoms with van der Waals surface area (Å²) in [5.74, 6) is -2.71. The molecule has 0 radical (unpaired) electrons. The van der Waals surface area contributed by atoms with E-state index in [0.717, 1.165) is 6.92 Å². The molecule has 2 unspecified atom stereocenters. The number of rotatable bonds is 8. The first-order valence-corrected chi connectivity index (χ1v) is 13.0. The normalized spacial score (nSPS) is 17.9. The summed E-state index contributed by atoms with van der Waals surface area (Å²) in [6.07, 6.45) is -1.65. The summed E-state index contributed by atoms with van der Waals surface area (Å²) in [6, 6.07) is 0. The van der Waals surface area contributed by atoms with Crippen LogP contribution in [0.2, 0.25) is 0 Å². The molecule has 0 spiro atoms. The van der Waals surface area contributed by atoms with Gasteiger partial charge in [0.25, 0.3) is 17.1 Å². The zero-order chi connectivity index (χ0) is 25.1. The van der Waals surface area contributed by atoms with E-state index >= 15 is 0 Å². The molecule has 0 saturated carbocycles. The van der Waals surface area contributed by atoms with Gasteiger partial charge in [-0.3, -0.25) is 19.2 Å². The molecule has 0 aromatic heterocycles. The van der Waals surface area contributed by atoms with Gasteiger partial charge >= 0.3 is 5.97 Å². The van der Waals surface area contributed by atoms with Gasteiger partial charge in [-0.25, -0.2) is 0 Å². The monoisotopic (exact) mass is 820 g/mol. The van der Waals surface area contributed by atoms with E-state index in [4.69, 9.17) is 21.1 Å². The van der Waals surface area contributed by atoms with Crippen LogP contribution in [0.25, 0.3) is 0 Å². The van der Waals surface area contributed by atoms with Gasteiger partial charge in [0, 0.05) is 17.0 Å². The van der Waals surface area contributed by atoms with Crippen molar-refractivity contribution in [3.8, 4) is 0 Å². The highest BCUT2D eigenvalue weighted by atomic mass is 127. The highest BCUT2D eigenvalue weighted by Crippen LogP contribution is 2.36. The van der Waals surface area contributed by atoms with Crippen molar-refractivity contribution in [3.05, 3.63) is 21.8 Å². The zero-order valence-corrected chi connectivity index (χ0v) is 24.8. The van der Waals surface area contributed by atoms with E-state index in [1.165, 1.54) is 0 Å². The number of aliphatic hydroxyl groups is 1. The van der Waals surface area contributed by atoms with Crippen molar-refractivity contribution >= 4 is 108 Å². The van der Waals surface area contributed by atoms with Gasteiger partial charge in [-0.15, -0.1) is 0 Å². The predicted molar refractivity (Wildman–Crippen MR) is 143 cm³/mol. The minimum absolute atomic E-state index is 0.0426. The van der Waals surface area contributed by atoms with Crippen molar-refractivity contribution in [2.24, 2.45) is 0 Å². The summed E-state index contributed by atoms with van der Waals surface area (Å²) in [6.45, 7) is 4.10. The third kappa shape index (κ3) is 7.57. The first-order chi connectivity index (χ1) is 15.2. The molecule has 1 aliphatic heterocycles. The number of benzene rings is 1. The average molecular weight is 821 g/mol. The smallest absolute Gasteiger partial charge is 0.303 e. The van der Waals surface area contributed by atoms with Crippen LogP contribution in [0.4, 0.5) is 5.69 Å². The van der Waals surface area contributed by atoms with Crippen molar-refractivity contribution < 1.29 is 38.5 Å². The van der Waals surface area contributed by atoms with Crippen LogP contribution in [-0.2, 0) is 23.8 Å². The van der Waals surface area contributed by atoms with E-state index in [-0.39, 0.29) is 33.5 Å². The number of hydrogen-bond acceptors (Lipinski definition) is 8. The summed E-state index contributed by atoms with van der Waals surface area (Å²) in [7, 11) is 0. The molecule has 14 heteroatoms. The zero-order valence-electron chi connectivity index (χ0n) is 17.6. The lowest BCUT2D eigenvalue weighted by Gasteiger charge is -2.21. The maximum atomic E-state index is 13.0. The van der Waals surface area contributed by atoms with Crippen LogP contribution in [-0.4, -0.2) is 65.9 Å². The summed E-state index contributed by atoms with van der Waals surface area (Å²) >= 11 is 11.3. The molecule has 1 heterocycles. The van der Waals surface area contributed by atoms with E-state index in [1.54, 1.807) is 13.8 Å². The fourth-order valence-electron chi connectivity index (χ4n) is 2.81. The minimum Gasteiger partial charge on any atom is -0.456 e. The molecule has 2 amide bonds. The maximum Gasteiger partial charge on any atom is 0.303 e. The second-order valence-corrected chi connectivity index (χ2v) is 10.9. The van der Waals surface area contributed by atoms with Crippen molar-refractivity contribution in [2.45, 2.75) is 38.8 Å². The van der Waals surface area contributed by atoms with Crippen LogP contribution < -0.4 is 10.6 Å². The number of carbonyl (C=O) groups is 4. The van der Waals surface area contributed by atoms with Crippen LogP contribution in [0, 0.1) is 10.7 Å². The van der Waals surface area contributed by atoms with E-state index < -0.39 is 47.6 Å². The fourth-order valence-corrected chi connectivity index (χ4v) is 7.73. The fraction of sp³-hybridized carbons (Fsp3) is 0.474.